The summed E-state index contributed by atoms with van der Waals surface area (Å²) in [7, 11) is -0.227. The van der Waals surface area contributed by atoms with Crippen molar-refractivity contribution in [3.63, 3.8) is 0 Å². The molecule has 1 aliphatic heterocycles. The zero-order valence-corrected chi connectivity index (χ0v) is 5.85. The second kappa shape index (κ2) is 1.67. The van der Waals surface area contributed by atoms with Crippen LogP contribution in [0.15, 0.2) is 0 Å². The number of rotatable bonds is 1. The van der Waals surface area contributed by atoms with E-state index < -0.39 is 0 Å². The fourth-order valence-corrected chi connectivity index (χ4v) is 2.09. The average Bonchev–Trinajstić information content (AvgIpc) is 1.61. The molecule has 0 aromatic rings. The topological polar surface area (TPSA) is 12.0 Å². The van der Waals surface area contributed by atoms with Crippen molar-refractivity contribution in [3.8, 4) is 0 Å². The van der Waals surface area contributed by atoms with Gasteiger partial charge in [0, 0.05) is 12.3 Å². The highest BCUT2D eigenvalue weighted by Gasteiger charge is 2.21. The first kappa shape index (κ1) is 5.45. The standard InChI is InChI=1S/C5H13NS/c1-3-7(2)5-4-6-7/h6H,3-5H2,1-2H3. The molecular formula is C5H13NS. The molecule has 0 bridgehead atoms. The molecule has 1 saturated heterocycles. The summed E-state index contributed by atoms with van der Waals surface area (Å²) >= 11 is 0. The Hall–Kier alpha value is 0.310. The maximum absolute atomic E-state index is 3.45. The van der Waals surface area contributed by atoms with Gasteiger partial charge in [0.1, 0.15) is 0 Å². The quantitative estimate of drug-likeness (QED) is 0.542. The Morgan fingerprint density at radius 1 is 1.71 bits per heavy atom. The van der Waals surface area contributed by atoms with Crippen molar-refractivity contribution in [2.24, 2.45) is 0 Å². The summed E-state index contributed by atoms with van der Waals surface area (Å²) in [6, 6.07) is 0. The van der Waals surface area contributed by atoms with E-state index in [1.165, 1.54) is 18.1 Å². The fraction of sp³-hybridized carbons (Fsp3) is 1.00. The lowest BCUT2D eigenvalue weighted by Gasteiger charge is -2.45. The van der Waals surface area contributed by atoms with Crippen LogP contribution in [0.4, 0.5) is 0 Å². The lowest BCUT2D eigenvalue weighted by molar-refractivity contribution is 0.932. The van der Waals surface area contributed by atoms with Gasteiger partial charge in [-0.2, -0.15) is 10.2 Å². The van der Waals surface area contributed by atoms with E-state index in [9.17, 15) is 0 Å². The van der Waals surface area contributed by atoms with E-state index in [-0.39, 0.29) is 10.2 Å². The molecule has 0 amide bonds. The summed E-state index contributed by atoms with van der Waals surface area (Å²) in [5, 5.41) is 0. The molecular weight excluding hydrogens is 106 g/mol. The minimum Gasteiger partial charge on any atom is -0.280 e. The monoisotopic (exact) mass is 119 g/mol. The Bertz CT molecular complexity index is 63.0. The van der Waals surface area contributed by atoms with Gasteiger partial charge >= 0.3 is 0 Å². The van der Waals surface area contributed by atoms with Gasteiger partial charge in [-0.1, -0.05) is 6.92 Å². The van der Waals surface area contributed by atoms with Gasteiger partial charge in [-0.05, 0) is 12.0 Å². The molecule has 1 aliphatic rings. The van der Waals surface area contributed by atoms with E-state index >= 15 is 0 Å². The van der Waals surface area contributed by atoms with E-state index in [4.69, 9.17) is 0 Å². The molecule has 0 aromatic heterocycles. The van der Waals surface area contributed by atoms with Gasteiger partial charge in [0.25, 0.3) is 0 Å². The van der Waals surface area contributed by atoms with E-state index in [2.05, 4.69) is 17.9 Å². The van der Waals surface area contributed by atoms with E-state index in [1.54, 1.807) is 0 Å². The summed E-state index contributed by atoms with van der Waals surface area (Å²) in [6.45, 7) is 3.53. The Labute approximate surface area is 46.9 Å². The van der Waals surface area contributed by atoms with Crippen molar-refractivity contribution in [3.05, 3.63) is 0 Å². The Balaban J connectivity index is 2.29. The molecule has 1 nitrogen and oxygen atoms in total. The average molecular weight is 119 g/mol. The first-order valence-electron chi connectivity index (χ1n) is 2.75. The lowest BCUT2D eigenvalue weighted by Crippen LogP contribution is -2.39. The Kier molecular flexibility index (Phi) is 1.30. The van der Waals surface area contributed by atoms with Crippen LogP contribution in [-0.2, 0) is 0 Å². The lowest BCUT2D eigenvalue weighted by atomic mass is 10.8. The first-order chi connectivity index (χ1) is 3.27. The first-order valence-corrected chi connectivity index (χ1v) is 5.13. The van der Waals surface area contributed by atoms with Crippen LogP contribution in [0.25, 0.3) is 0 Å². The summed E-state index contributed by atoms with van der Waals surface area (Å²) in [5.74, 6) is 2.80. The molecule has 1 fully saturated rings. The van der Waals surface area contributed by atoms with Gasteiger partial charge in [0.2, 0.25) is 0 Å². The van der Waals surface area contributed by atoms with E-state index in [0.717, 1.165) is 0 Å². The van der Waals surface area contributed by atoms with Gasteiger partial charge in [-0.15, -0.1) is 0 Å². The molecule has 0 saturated carbocycles. The van der Waals surface area contributed by atoms with Gasteiger partial charge in [0.15, 0.2) is 0 Å². The maximum atomic E-state index is 3.45. The second-order valence-electron chi connectivity index (χ2n) is 2.16. The van der Waals surface area contributed by atoms with Crippen molar-refractivity contribution in [1.29, 1.82) is 0 Å². The third kappa shape index (κ3) is 0.916. The van der Waals surface area contributed by atoms with Crippen molar-refractivity contribution in [2.45, 2.75) is 6.92 Å². The van der Waals surface area contributed by atoms with E-state index in [0.29, 0.717) is 0 Å². The van der Waals surface area contributed by atoms with Crippen LogP contribution in [0.5, 0.6) is 0 Å². The van der Waals surface area contributed by atoms with Crippen LogP contribution in [0.3, 0.4) is 0 Å². The van der Waals surface area contributed by atoms with Crippen molar-refractivity contribution in [1.82, 2.24) is 4.72 Å². The number of nitrogens with one attached hydrogen (secondary N) is 1. The van der Waals surface area contributed by atoms with Crippen LogP contribution in [0, 0.1) is 0 Å². The molecule has 7 heavy (non-hydrogen) atoms. The second-order valence-corrected chi connectivity index (χ2v) is 5.98. The number of hydrogen-bond donors (Lipinski definition) is 1. The molecule has 0 aliphatic carbocycles. The molecule has 44 valence electrons. The van der Waals surface area contributed by atoms with Gasteiger partial charge in [-0.3, -0.25) is 4.72 Å². The zero-order valence-electron chi connectivity index (χ0n) is 5.03. The summed E-state index contributed by atoms with van der Waals surface area (Å²) in [5.41, 5.74) is 0. The SMILES string of the molecule is CCS1(C)CCN1. The maximum Gasteiger partial charge on any atom is 0.0131 e. The highest BCUT2D eigenvalue weighted by Crippen LogP contribution is 2.43. The van der Waals surface area contributed by atoms with Crippen LogP contribution in [0.2, 0.25) is 0 Å². The smallest absolute Gasteiger partial charge is 0.0131 e. The van der Waals surface area contributed by atoms with Crippen LogP contribution < -0.4 is 4.72 Å². The van der Waals surface area contributed by atoms with Gasteiger partial charge < -0.3 is 0 Å². The summed E-state index contributed by atoms with van der Waals surface area (Å²) in [4.78, 5) is 0. The molecule has 0 radical (unpaired) electrons. The minimum atomic E-state index is -0.227. The third-order valence-electron chi connectivity index (χ3n) is 1.64. The van der Waals surface area contributed by atoms with Crippen molar-refractivity contribution in [2.75, 3.05) is 24.3 Å². The summed E-state index contributed by atoms with van der Waals surface area (Å²) < 4.78 is 3.45. The predicted molar refractivity (Wildman–Crippen MR) is 36.9 cm³/mol. The van der Waals surface area contributed by atoms with Crippen molar-refractivity contribution < 1.29 is 0 Å². The molecule has 1 rings (SSSR count). The van der Waals surface area contributed by atoms with Gasteiger partial charge in [-0.25, -0.2) is 0 Å². The highest BCUT2D eigenvalue weighted by molar-refractivity contribution is 8.32. The normalized spacial score (nSPS) is 49.4. The van der Waals surface area contributed by atoms with Crippen LogP contribution in [0.1, 0.15) is 6.92 Å². The van der Waals surface area contributed by atoms with Crippen molar-refractivity contribution >= 4 is 10.2 Å². The van der Waals surface area contributed by atoms with E-state index in [1.807, 2.05) is 0 Å². The third-order valence-corrected chi connectivity index (χ3v) is 4.92. The Morgan fingerprint density at radius 3 is 2.29 bits per heavy atom. The summed E-state index contributed by atoms with van der Waals surface area (Å²) in [6.07, 6.45) is 2.36. The molecule has 0 spiro atoms. The predicted octanol–water partition coefficient (Wildman–Crippen LogP) is 0.959. The van der Waals surface area contributed by atoms with Crippen LogP contribution in [-0.4, -0.2) is 24.3 Å². The fourth-order valence-electron chi connectivity index (χ4n) is 0.697. The molecule has 1 heterocycles. The highest BCUT2D eigenvalue weighted by atomic mass is 32.3. The molecule has 1 atom stereocenters. The minimum absolute atomic E-state index is 0.227. The number of hydrogen-bond acceptors (Lipinski definition) is 1. The largest absolute Gasteiger partial charge is 0.280 e. The molecule has 1 unspecified atom stereocenters. The molecule has 2 heteroatoms. The molecule has 1 N–H and O–H groups in total. The van der Waals surface area contributed by atoms with Gasteiger partial charge in [0.05, 0.1) is 0 Å². The van der Waals surface area contributed by atoms with Crippen LogP contribution >= 0.6 is 10.2 Å². The zero-order chi connectivity index (χ0) is 5.33. The Morgan fingerprint density at radius 2 is 2.29 bits per heavy atom. The molecule has 0 aromatic carbocycles.